The number of methoxy groups -OCH3 is 1. The minimum absolute atomic E-state index is 0.0211. The summed E-state index contributed by atoms with van der Waals surface area (Å²) in [6, 6.07) is 7.94. The first-order valence-corrected chi connectivity index (χ1v) is 13.5. The number of nitrogens with one attached hydrogen (secondary N) is 2. The second-order valence-electron chi connectivity index (χ2n) is 7.70. The highest BCUT2D eigenvalue weighted by atomic mass is 32.2. The molecule has 0 saturated heterocycles. The first-order valence-electron chi connectivity index (χ1n) is 9.74. The number of benzene rings is 2. The monoisotopic (exact) mass is 499 g/mol. The lowest BCUT2D eigenvalue weighted by molar-refractivity contribution is 0.416. The third-order valence-electron chi connectivity index (χ3n) is 4.53. The highest BCUT2D eigenvalue weighted by Gasteiger charge is 2.22. The Morgan fingerprint density at radius 2 is 1.56 bits per heavy atom. The van der Waals surface area contributed by atoms with Crippen molar-refractivity contribution in [1.29, 1.82) is 0 Å². The molecule has 32 heavy (non-hydrogen) atoms. The number of nitrogens with zero attached hydrogens (tertiary/aromatic N) is 1. The molecule has 0 radical (unpaired) electrons. The highest BCUT2D eigenvalue weighted by molar-refractivity contribution is 7.92. The SMILES string of the molecule is COc1ccc(S(=O)(=O)NC(C)C)cc1NS(=O)(=O)c1ccc2c(c1)sc(=O)n2C(C)C. The Kier molecular flexibility index (Phi) is 6.70. The molecular formula is C20H25N3O6S3. The van der Waals surface area contributed by atoms with Crippen molar-refractivity contribution in [2.45, 2.75) is 49.6 Å². The average molecular weight is 500 g/mol. The van der Waals surface area contributed by atoms with Crippen LogP contribution < -0.4 is 19.1 Å². The number of anilines is 1. The molecule has 3 rings (SSSR count). The minimum atomic E-state index is -4.10. The number of ether oxygens (including phenoxy) is 1. The van der Waals surface area contributed by atoms with Crippen molar-refractivity contribution in [1.82, 2.24) is 9.29 Å². The summed E-state index contributed by atoms with van der Waals surface area (Å²) < 4.78 is 63.3. The van der Waals surface area contributed by atoms with E-state index in [2.05, 4.69) is 9.44 Å². The van der Waals surface area contributed by atoms with E-state index in [4.69, 9.17) is 4.74 Å². The van der Waals surface area contributed by atoms with Crippen molar-refractivity contribution in [3.8, 4) is 5.75 Å². The first kappa shape index (κ1) is 24.2. The predicted molar refractivity (Wildman–Crippen MR) is 126 cm³/mol. The zero-order chi connectivity index (χ0) is 23.8. The van der Waals surface area contributed by atoms with Crippen LogP contribution in [0.2, 0.25) is 0 Å². The second kappa shape index (κ2) is 8.85. The molecule has 2 aromatic carbocycles. The molecule has 0 bridgehead atoms. The van der Waals surface area contributed by atoms with Gasteiger partial charge in [0.1, 0.15) is 5.75 Å². The van der Waals surface area contributed by atoms with Gasteiger partial charge in [0.25, 0.3) is 10.0 Å². The Morgan fingerprint density at radius 3 is 2.16 bits per heavy atom. The van der Waals surface area contributed by atoms with E-state index in [0.717, 1.165) is 11.3 Å². The lowest BCUT2D eigenvalue weighted by atomic mass is 10.3. The number of hydrogen-bond acceptors (Lipinski definition) is 7. The minimum Gasteiger partial charge on any atom is -0.495 e. The number of hydrogen-bond donors (Lipinski definition) is 2. The summed E-state index contributed by atoms with van der Waals surface area (Å²) in [6.07, 6.45) is 0. The quantitative estimate of drug-likeness (QED) is 0.491. The normalized spacial score (nSPS) is 12.6. The van der Waals surface area contributed by atoms with E-state index in [9.17, 15) is 21.6 Å². The number of fused-ring (bicyclic) bond motifs is 1. The fraction of sp³-hybridized carbons (Fsp3) is 0.350. The van der Waals surface area contributed by atoms with Crippen LogP contribution in [-0.4, -0.2) is 34.6 Å². The van der Waals surface area contributed by atoms with Crippen LogP contribution in [0.25, 0.3) is 10.2 Å². The number of aromatic nitrogens is 1. The zero-order valence-corrected chi connectivity index (χ0v) is 20.7. The molecule has 2 N–H and O–H groups in total. The summed E-state index contributed by atoms with van der Waals surface area (Å²) >= 11 is 0.966. The van der Waals surface area contributed by atoms with E-state index < -0.39 is 20.0 Å². The molecule has 0 aliphatic rings. The second-order valence-corrected chi connectivity index (χ2v) is 12.1. The van der Waals surface area contributed by atoms with Crippen LogP contribution in [0.3, 0.4) is 0 Å². The maximum Gasteiger partial charge on any atom is 0.308 e. The van der Waals surface area contributed by atoms with Gasteiger partial charge in [-0.15, -0.1) is 0 Å². The van der Waals surface area contributed by atoms with Gasteiger partial charge in [-0.3, -0.25) is 14.1 Å². The maximum absolute atomic E-state index is 13.1. The fourth-order valence-electron chi connectivity index (χ4n) is 3.19. The molecule has 174 valence electrons. The molecule has 9 nitrogen and oxygen atoms in total. The number of sulfonamides is 2. The summed E-state index contributed by atoms with van der Waals surface area (Å²) in [5, 5.41) is 0. The summed E-state index contributed by atoms with van der Waals surface area (Å²) in [4.78, 5) is 11.9. The molecule has 0 aliphatic carbocycles. The Labute approximate surface area is 191 Å². The highest BCUT2D eigenvalue weighted by Crippen LogP contribution is 2.31. The summed E-state index contributed by atoms with van der Waals surface area (Å²) in [7, 11) is -6.59. The molecule has 0 atom stereocenters. The van der Waals surface area contributed by atoms with Crippen molar-refractivity contribution in [2.75, 3.05) is 11.8 Å². The molecule has 0 saturated carbocycles. The van der Waals surface area contributed by atoms with E-state index >= 15 is 0 Å². The lowest BCUT2D eigenvalue weighted by Crippen LogP contribution is -2.30. The molecule has 3 aromatic rings. The first-order chi connectivity index (χ1) is 14.9. The summed E-state index contributed by atoms with van der Waals surface area (Å²) in [5.74, 6) is 0.161. The van der Waals surface area contributed by atoms with Crippen LogP contribution in [0.15, 0.2) is 51.0 Å². The van der Waals surface area contributed by atoms with Gasteiger partial charge in [0, 0.05) is 12.1 Å². The van der Waals surface area contributed by atoms with Gasteiger partial charge in [-0.05, 0) is 64.1 Å². The summed E-state index contributed by atoms with van der Waals surface area (Å²) in [5.41, 5.74) is 0.631. The molecule has 0 spiro atoms. The molecular weight excluding hydrogens is 474 g/mol. The van der Waals surface area contributed by atoms with Gasteiger partial charge in [-0.2, -0.15) is 0 Å². The third-order valence-corrected chi connectivity index (χ3v) is 8.47. The van der Waals surface area contributed by atoms with Crippen LogP contribution >= 0.6 is 11.3 Å². The number of rotatable bonds is 8. The Bertz CT molecular complexity index is 1420. The van der Waals surface area contributed by atoms with Crippen molar-refractivity contribution < 1.29 is 21.6 Å². The van der Waals surface area contributed by atoms with Crippen molar-refractivity contribution in [2.24, 2.45) is 0 Å². The average Bonchev–Trinajstić information content (AvgIpc) is 3.01. The maximum atomic E-state index is 13.1. The number of thiazole rings is 1. The molecule has 0 unspecified atom stereocenters. The fourth-order valence-corrected chi connectivity index (χ4v) is 6.68. The Balaban J connectivity index is 2.04. The standard InChI is InChI=1S/C20H25N3O6S3/c1-12(2)21-31(25,26)14-7-9-18(29-5)16(10-14)22-32(27,28)15-6-8-17-19(11-15)30-20(24)23(17)13(3)4/h6-13,21-22H,1-5H3. The molecule has 0 amide bonds. The van der Waals surface area contributed by atoms with Gasteiger partial charge in [0.15, 0.2) is 0 Å². The third kappa shape index (κ3) is 4.82. The van der Waals surface area contributed by atoms with E-state index in [0.29, 0.717) is 10.2 Å². The van der Waals surface area contributed by atoms with Gasteiger partial charge in [0.05, 0.1) is 32.8 Å². The van der Waals surface area contributed by atoms with E-state index in [-0.39, 0.29) is 38.2 Å². The van der Waals surface area contributed by atoms with Crippen molar-refractivity contribution in [3.05, 3.63) is 46.1 Å². The van der Waals surface area contributed by atoms with Gasteiger partial charge in [0.2, 0.25) is 10.0 Å². The van der Waals surface area contributed by atoms with Gasteiger partial charge in [-0.1, -0.05) is 11.3 Å². The predicted octanol–water partition coefficient (Wildman–Crippen LogP) is 3.14. The molecule has 0 fully saturated rings. The van der Waals surface area contributed by atoms with Gasteiger partial charge < -0.3 is 4.74 Å². The van der Waals surface area contributed by atoms with Crippen molar-refractivity contribution in [3.63, 3.8) is 0 Å². The molecule has 1 aromatic heterocycles. The lowest BCUT2D eigenvalue weighted by Gasteiger charge is -2.15. The van der Waals surface area contributed by atoms with Crippen LogP contribution in [0, 0.1) is 0 Å². The Morgan fingerprint density at radius 1 is 0.938 bits per heavy atom. The zero-order valence-electron chi connectivity index (χ0n) is 18.2. The topological polar surface area (TPSA) is 124 Å². The summed E-state index contributed by atoms with van der Waals surface area (Å²) in [6.45, 7) is 7.12. The smallest absolute Gasteiger partial charge is 0.308 e. The van der Waals surface area contributed by atoms with E-state index in [1.165, 1.54) is 37.4 Å². The molecule has 12 heteroatoms. The van der Waals surface area contributed by atoms with E-state index in [1.807, 2.05) is 13.8 Å². The van der Waals surface area contributed by atoms with Crippen LogP contribution in [0.5, 0.6) is 5.75 Å². The largest absolute Gasteiger partial charge is 0.495 e. The van der Waals surface area contributed by atoms with Gasteiger partial charge in [-0.25, -0.2) is 21.6 Å². The molecule has 0 aliphatic heterocycles. The van der Waals surface area contributed by atoms with Crippen LogP contribution in [0.1, 0.15) is 33.7 Å². The van der Waals surface area contributed by atoms with E-state index in [1.54, 1.807) is 24.5 Å². The molecule has 1 heterocycles. The van der Waals surface area contributed by atoms with Crippen molar-refractivity contribution >= 4 is 47.3 Å². The van der Waals surface area contributed by atoms with Gasteiger partial charge >= 0.3 is 4.87 Å². The van der Waals surface area contributed by atoms with Crippen LogP contribution in [0.4, 0.5) is 5.69 Å². The Hall–Kier alpha value is -2.41. The van der Waals surface area contributed by atoms with Crippen LogP contribution in [-0.2, 0) is 20.0 Å².